The van der Waals surface area contributed by atoms with Gasteiger partial charge in [-0.05, 0) is 63.0 Å². The van der Waals surface area contributed by atoms with Crippen LogP contribution in [-0.2, 0) is 0 Å². The predicted octanol–water partition coefficient (Wildman–Crippen LogP) is 3.20. The fourth-order valence-corrected chi connectivity index (χ4v) is 3.99. The highest BCUT2D eigenvalue weighted by Gasteiger charge is 2.26. The maximum Gasteiger partial charge on any atom is 0.123 e. The minimum Gasteiger partial charge on any atom is -0.387 e. The summed E-state index contributed by atoms with van der Waals surface area (Å²) in [4.78, 5) is 5.05. The normalized spacial score (nSPS) is 25.9. The number of rotatable bonds is 4. The quantitative estimate of drug-likeness (QED) is 0.923. The van der Waals surface area contributed by atoms with Crippen molar-refractivity contribution in [1.82, 2.24) is 9.80 Å². The van der Waals surface area contributed by atoms with Gasteiger partial charge in [0.2, 0.25) is 0 Å². The first-order valence-corrected chi connectivity index (χ1v) is 9.12. The fraction of sp³-hybridized carbons (Fsp3) is 0.684. The molecule has 2 unspecified atom stereocenters. The van der Waals surface area contributed by atoms with Crippen LogP contribution in [0.5, 0.6) is 0 Å². The Morgan fingerprint density at radius 2 is 1.70 bits per heavy atom. The minimum absolute atomic E-state index is 0.250. The summed E-state index contributed by atoms with van der Waals surface area (Å²) in [5.41, 5.74) is 0.809. The third-order valence-electron chi connectivity index (χ3n) is 5.32. The van der Waals surface area contributed by atoms with Gasteiger partial charge >= 0.3 is 0 Å². The van der Waals surface area contributed by atoms with Crippen LogP contribution in [0.3, 0.4) is 0 Å². The molecule has 0 bridgehead atoms. The molecule has 2 aliphatic rings. The number of halogens is 1. The molecule has 0 radical (unpaired) electrons. The zero-order valence-electron chi connectivity index (χ0n) is 14.0. The number of piperidine rings is 1. The molecule has 23 heavy (non-hydrogen) atoms. The lowest BCUT2D eigenvalue weighted by atomic mass is 10.0. The zero-order chi connectivity index (χ0) is 16.1. The Hall–Kier alpha value is -0.970. The van der Waals surface area contributed by atoms with Crippen molar-refractivity contribution in [2.45, 2.75) is 50.7 Å². The molecule has 2 fully saturated rings. The molecular formula is C19H29FN2O. The Morgan fingerprint density at radius 1 is 1.00 bits per heavy atom. The van der Waals surface area contributed by atoms with Crippen molar-refractivity contribution >= 4 is 0 Å². The Morgan fingerprint density at radius 3 is 2.39 bits per heavy atom. The van der Waals surface area contributed by atoms with Gasteiger partial charge in [0.05, 0.1) is 6.10 Å². The van der Waals surface area contributed by atoms with E-state index in [9.17, 15) is 9.50 Å². The third kappa shape index (κ3) is 4.75. The number of aliphatic hydroxyl groups excluding tert-OH is 1. The van der Waals surface area contributed by atoms with Gasteiger partial charge in [-0.25, -0.2) is 4.39 Å². The topological polar surface area (TPSA) is 26.7 Å². The summed E-state index contributed by atoms with van der Waals surface area (Å²) >= 11 is 0. The molecule has 0 spiro atoms. The monoisotopic (exact) mass is 320 g/mol. The highest BCUT2D eigenvalue weighted by Crippen LogP contribution is 2.22. The summed E-state index contributed by atoms with van der Waals surface area (Å²) in [7, 11) is 0. The van der Waals surface area contributed by atoms with Gasteiger partial charge in [-0.2, -0.15) is 0 Å². The van der Waals surface area contributed by atoms with E-state index in [2.05, 4.69) is 9.80 Å². The number of aliphatic hydroxyl groups is 1. The second-order valence-electron chi connectivity index (χ2n) is 7.07. The molecule has 1 aromatic carbocycles. The van der Waals surface area contributed by atoms with E-state index in [0.29, 0.717) is 12.6 Å². The Bertz CT molecular complexity index is 471. The van der Waals surface area contributed by atoms with Gasteiger partial charge in [-0.3, -0.25) is 9.80 Å². The first kappa shape index (κ1) is 16.9. The van der Waals surface area contributed by atoms with Crippen molar-refractivity contribution in [3.63, 3.8) is 0 Å². The van der Waals surface area contributed by atoms with Crippen molar-refractivity contribution in [2.75, 3.05) is 32.7 Å². The summed E-state index contributed by atoms with van der Waals surface area (Å²) in [5.74, 6) is -0.250. The summed E-state index contributed by atoms with van der Waals surface area (Å²) < 4.78 is 13.0. The van der Waals surface area contributed by atoms with Gasteiger partial charge in [-0.15, -0.1) is 0 Å². The second kappa shape index (κ2) is 8.22. The lowest BCUT2D eigenvalue weighted by molar-refractivity contribution is 0.0583. The van der Waals surface area contributed by atoms with E-state index in [0.717, 1.165) is 18.7 Å². The van der Waals surface area contributed by atoms with Gasteiger partial charge in [0.25, 0.3) is 0 Å². The number of benzene rings is 1. The number of hydrogen-bond donors (Lipinski definition) is 1. The smallest absolute Gasteiger partial charge is 0.123 e. The van der Waals surface area contributed by atoms with Crippen LogP contribution in [0.4, 0.5) is 4.39 Å². The van der Waals surface area contributed by atoms with E-state index in [1.165, 1.54) is 63.7 Å². The lowest BCUT2D eigenvalue weighted by Crippen LogP contribution is -2.49. The van der Waals surface area contributed by atoms with Crippen molar-refractivity contribution in [3.05, 3.63) is 35.6 Å². The SMILES string of the molecule is OC(CN1CCCC(N2CCCCCC2)C1)c1ccc(F)cc1. The molecule has 1 N–H and O–H groups in total. The number of hydrogen-bond acceptors (Lipinski definition) is 3. The standard InChI is InChI=1S/C19H29FN2O/c20-17-9-7-16(8-10-17)19(23)15-21-11-5-6-18(14-21)22-12-3-1-2-4-13-22/h7-10,18-19,23H,1-6,11-15H2. The van der Waals surface area contributed by atoms with Crippen molar-refractivity contribution < 1.29 is 9.50 Å². The summed E-state index contributed by atoms with van der Waals surface area (Å²) in [6, 6.07) is 6.87. The van der Waals surface area contributed by atoms with E-state index in [1.54, 1.807) is 12.1 Å². The van der Waals surface area contributed by atoms with Crippen LogP contribution in [0.25, 0.3) is 0 Å². The summed E-state index contributed by atoms with van der Waals surface area (Å²) in [6.45, 7) is 5.23. The van der Waals surface area contributed by atoms with Crippen molar-refractivity contribution in [2.24, 2.45) is 0 Å². The molecule has 4 heteroatoms. The van der Waals surface area contributed by atoms with Crippen molar-refractivity contribution in [3.8, 4) is 0 Å². The molecule has 2 atom stereocenters. The summed E-state index contributed by atoms with van der Waals surface area (Å²) in [5, 5.41) is 10.4. The zero-order valence-corrected chi connectivity index (χ0v) is 14.0. The van der Waals surface area contributed by atoms with E-state index in [1.807, 2.05) is 0 Å². The number of likely N-dealkylation sites (tertiary alicyclic amines) is 2. The van der Waals surface area contributed by atoms with E-state index < -0.39 is 6.10 Å². The van der Waals surface area contributed by atoms with Gasteiger partial charge in [0, 0.05) is 19.1 Å². The van der Waals surface area contributed by atoms with Crippen LogP contribution < -0.4 is 0 Å². The molecule has 0 aliphatic carbocycles. The minimum atomic E-state index is -0.529. The molecule has 0 saturated carbocycles. The molecule has 128 valence electrons. The van der Waals surface area contributed by atoms with Crippen LogP contribution in [-0.4, -0.2) is 53.7 Å². The first-order chi connectivity index (χ1) is 11.2. The molecule has 1 aromatic rings. The second-order valence-corrected chi connectivity index (χ2v) is 7.07. The van der Waals surface area contributed by atoms with E-state index in [4.69, 9.17) is 0 Å². The first-order valence-electron chi connectivity index (χ1n) is 9.12. The van der Waals surface area contributed by atoms with Gasteiger partial charge in [-0.1, -0.05) is 25.0 Å². The van der Waals surface area contributed by atoms with E-state index in [-0.39, 0.29) is 5.82 Å². The van der Waals surface area contributed by atoms with Gasteiger partial charge < -0.3 is 5.11 Å². The third-order valence-corrected chi connectivity index (χ3v) is 5.32. The lowest BCUT2D eigenvalue weighted by Gasteiger charge is -2.39. The van der Waals surface area contributed by atoms with Gasteiger partial charge in [0.15, 0.2) is 0 Å². The molecular weight excluding hydrogens is 291 g/mol. The number of β-amino-alcohol motifs (C(OH)–C–C–N with tert-alkyl or cyclic N) is 1. The average molecular weight is 320 g/mol. The molecule has 2 saturated heterocycles. The molecule has 2 aliphatic heterocycles. The molecule has 3 nitrogen and oxygen atoms in total. The van der Waals surface area contributed by atoms with E-state index >= 15 is 0 Å². The number of nitrogens with zero attached hydrogens (tertiary/aromatic N) is 2. The predicted molar refractivity (Wildman–Crippen MR) is 90.9 cm³/mol. The van der Waals surface area contributed by atoms with Crippen LogP contribution in [0.1, 0.15) is 50.2 Å². The fourth-order valence-electron chi connectivity index (χ4n) is 3.99. The molecule has 0 aromatic heterocycles. The molecule has 2 heterocycles. The average Bonchev–Trinajstić information content (AvgIpc) is 2.85. The maximum atomic E-state index is 13.0. The highest BCUT2D eigenvalue weighted by molar-refractivity contribution is 5.18. The Labute approximate surface area is 139 Å². The van der Waals surface area contributed by atoms with Crippen molar-refractivity contribution in [1.29, 1.82) is 0 Å². The van der Waals surface area contributed by atoms with Crippen LogP contribution in [0.15, 0.2) is 24.3 Å². The Kier molecular flexibility index (Phi) is 6.03. The van der Waals surface area contributed by atoms with Gasteiger partial charge in [0.1, 0.15) is 5.82 Å². The molecule has 3 rings (SSSR count). The molecule has 0 amide bonds. The van der Waals surface area contributed by atoms with Crippen LogP contribution in [0, 0.1) is 5.82 Å². The van der Waals surface area contributed by atoms with Crippen LogP contribution >= 0.6 is 0 Å². The van der Waals surface area contributed by atoms with Crippen LogP contribution in [0.2, 0.25) is 0 Å². The Balaban J connectivity index is 1.54. The maximum absolute atomic E-state index is 13.0. The highest BCUT2D eigenvalue weighted by atomic mass is 19.1. The summed E-state index contributed by atoms with van der Waals surface area (Å²) in [6.07, 6.45) is 7.36. The largest absolute Gasteiger partial charge is 0.387 e.